The van der Waals surface area contributed by atoms with Crippen LogP contribution in [-0.4, -0.2) is 29.7 Å². The van der Waals surface area contributed by atoms with Crippen LogP contribution in [0.4, 0.5) is 0 Å². The highest BCUT2D eigenvalue weighted by molar-refractivity contribution is 8.14. The van der Waals surface area contributed by atoms with Crippen LogP contribution in [0, 0.1) is 0 Å². The molecule has 1 aromatic rings. The zero-order valence-corrected chi connectivity index (χ0v) is 11.0. The topological polar surface area (TPSA) is 15.6 Å². The van der Waals surface area contributed by atoms with Gasteiger partial charge >= 0.3 is 0 Å². The molecule has 0 radical (unpaired) electrons. The van der Waals surface area contributed by atoms with E-state index in [-0.39, 0.29) is 0 Å². The van der Waals surface area contributed by atoms with E-state index in [1.54, 1.807) is 0 Å². The Labute approximate surface area is 107 Å². The van der Waals surface area contributed by atoms with E-state index in [1.165, 1.54) is 36.5 Å². The van der Waals surface area contributed by atoms with Gasteiger partial charge in [-0.1, -0.05) is 42.1 Å². The minimum atomic E-state index is 0.579. The number of fused-ring (bicyclic) bond motifs is 1. The molecule has 0 aliphatic carbocycles. The minimum absolute atomic E-state index is 0.579. The van der Waals surface area contributed by atoms with Crippen LogP contribution in [-0.2, 0) is 0 Å². The standard InChI is InChI=1S/C14H18N2S/c1-15-14-16-10-6-5-9-12(16)13(17-14)11-7-3-2-4-8-11/h2-4,7-8,12-13H,5-6,9-10H2,1H3/t12-,13+/m1/s1. The summed E-state index contributed by atoms with van der Waals surface area (Å²) in [7, 11) is 1.92. The van der Waals surface area contributed by atoms with Crippen molar-refractivity contribution < 1.29 is 0 Å². The molecule has 2 nitrogen and oxygen atoms in total. The molecular formula is C14H18N2S. The lowest BCUT2D eigenvalue weighted by Gasteiger charge is -2.32. The Balaban J connectivity index is 1.91. The van der Waals surface area contributed by atoms with E-state index in [0.717, 1.165) is 0 Å². The Kier molecular flexibility index (Phi) is 3.10. The van der Waals surface area contributed by atoms with Crippen molar-refractivity contribution in [3.63, 3.8) is 0 Å². The SMILES string of the molecule is CN=C1S[C@@H](c2ccccc2)[C@H]2CCCCN12. The second-order valence-corrected chi connectivity index (χ2v) is 5.82. The maximum absolute atomic E-state index is 4.45. The Bertz CT molecular complexity index is 415. The van der Waals surface area contributed by atoms with E-state index in [4.69, 9.17) is 0 Å². The molecule has 0 saturated carbocycles. The number of hydrogen-bond acceptors (Lipinski definition) is 2. The first-order valence-electron chi connectivity index (χ1n) is 6.35. The van der Waals surface area contributed by atoms with E-state index < -0.39 is 0 Å². The number of piperidine rings is 1. The van der Waals surface area contributed by atoms with Crippen molar-refractivity contribution in [3.8, 4) is 0 Å². The van der Waals surface area contributed by atoms with Crippen molar-refractivity contribution >= 4 is 16.9 Å². The number of amidine groups is 1. The maximum atomic E-state index is 4.45. The van der Waals surface area contributed by atoms with Gasteiger partial charge in [0.15, 0.2) is 5.17 Å². The van der Waals surface area contributed by atoms with Crippen molar-refractivity contribution in [2.75, 3.05) is 13.6 Å². The molecule has 0 amide bonds. The molecule has 2 saturated heterocycles. The average Bonchev–Trinajstić information content (AvgIpc) is 2.78. The molecule has 3 heteroatoms. The number of aliphatic imine (C=N–C) groups is 1. The van der Waals surface area contributed by atoms with Crippen molar-refractivity contribution in [2.24, 2.45) is 4.99 Å². The summed E-state index contributed by atoms with van der Waals surface area (Å²) in [5.74, 6) is 0. The summed E-state index contributed by atoms with van der Waals surface area (Å²) < 4.78 is 0. The first kappa shape index (κ1) is 11.1. The fourth-order valence-corrected chi connectivity index (χ4v) is 4.31. The van der Waals surface area contributed by atoms with Gasteiger partial charge in [0.2, 0.25) is 0 Å². The molecule has 0 spiro atoms. The predicted octanol–water partition coefficient (Wildman–Crippen LogP) is 3.31. The summed E-state index contributed by atoms with van der Waals surface area (Å²) in [6.45, 7) is 1.19. The van der Waals surface area contributed by atoms with E-state index in [1.807, 2.05) is 18.8 Å². The number of hydrogen-bond donors (Lipinski definition) is 0. The van der Waals surface area contributed by atoms with Gasteiger partial charge in [0.25, 0.3) is 0 Å². The summed E-state index contributed by atoms with van der Waals surface area (Å²) in [6, 6.07) is 11.5. The van der Waals surface area contributed by atoms with Crippen LogP contribution in [0.25, 0.3) is 0 Å². The van der Waals surface area contributed by atoms with Crippen LogP contribution >= 0.6 is 11.8 Å². The zero-order chi connectivity index (χ0) is 11.7. The third kappa shape index (κ3) is 1.97. The third-order valence-corrected chi connectivity index (χ3v) is 5.16. The monoisotopic (exact) mass is 246 g/mol. The first-order valence-corrected chi connectivity index (χ1v) is 7.23. The highest BCUT2D eigenvalue weighted by Gasteiger charge is 2.40. The molecule has 3 rings (SSSR count). The van der Waals surface area contributed by atoms with Gasteiger partial charge in [0, 0.05) is 19.6 Å². The Morgan fingerprint density at radius 1 is 1.24 bits per heavy atom. The Hall–Kier alpha value is -0.960. The van der Waals surface area contributed by atoms with Crippen molar-refractivity contribution in [3.05, 3.63) is 35.9 Å². The number of thioether (sulfide) groups is 1. The number of rotatable bonds is 1. The molecule has 90 valence electrons. The van der Waals surface area contributed by atoms with Gasteiger partial charge in [0.1, 0.15) is 0 Å². The number of nitrogens with zero attached hydrogens (tertiary/aromatic N) is 2. The number of benzene rings is 1. The van der Waals surface area contributed by atoms with Crippen LogP contribution < -0.4 is 0 Å². The van der Waals surface area contributed by atoms with Crippen molar-refractivity contribution in [1.29, 1.82) is 0 Å². The normalized spacial score (nSPS) is 30.6. The quantitative estimate of drug-likeness (QED) is 0.755. The van der Waals surface area contributed by atoms with Crippen LogP contribution in [0.3, 0.4) is 0 Å². The lowest BCUT2D eigenvalue weighted by Crippen LogP contribution is -2.38. The van der Waals surface area contributed by atoms with Crippen molar-refractivity contribution in [1.82, 2.24) is 4.90 Å². The fraction of sp³-hybridized carbons (Fsp3) is 0.500. The summed E-state index contributed by atoms with van der Waals surface area (Å²) >= 11 is 1.95. The van der Waals surface area contributed by atoms with Gasteiger partial charge in [-0.2, -0.15) is 0 Å². The molecule has 2 fully saturated rings. The second kappa shape index (κ2) is 4.73. The summed E-state index contributed by atoms with van der Waals surface area (Å²) in [4.78, 5) is 6.97. The van der Waals surface area contributed by atoms with Gasteiger partial charge in [-0.25, -0.2) is 0 Å². The van der Waals surface area contributed by atoms with Gasteiger partial charge in [-0.3, -0.25) is 4.99 Å². The predicted molar refractivity (Wildman–Crippen MR) is 74.5 cm³/mol. The Morgan fingerprint density at radius 2 is 2.06 bits per heavy atom. The van der Waals surface area contributed by atoms with Crippen LogP contribution in [0.1, 0.15) is 30.1 Å². The molecular weight excluding hydrogens is 228 g/mol. The first-order chi connectivity index (χ1) is 8.40. The van der Waals surface area contributed by atoms with Crippen LogP contribution in [0.15, 0.2) is 35.3 Å². The van der Waals surface area contributed by atoms with Gasteiger partial charge in [-0.15, -0.1) is 0 Å². The molecule has 0 bridgehead atoms. The molecule has 17 heavy (non-hydrogen) atoms. The Morgan fingerprint density at radius 3 is 2.82 bits per heavy atom. The highest BCUT2D eigenvalue weighted by Crippen LogP contribution is 2.46. The molecule has 2 atom stereocenters. The molecule has 1 aromatic carbocycles. The fourth-order valence-electron chi connectivity index (χ4n) is 2.88. The summed E-state index contributed by atoms with van der Waals surface area (Å²) in [5, 5.41) is 1.82. The van der Waals surface area contributed by atoms with E-state index in [0.29, 0.717) is 11.3 Å². The third-order valence-electron chi connectivity index (χ3n) is 3.70. The minimum Gasteiger partial charge on any atom is -0.347 e. The van der Waals surface area contributed by atoms with E-state index >= 15 is 0 Å². The second-order valence-electron chi connectivity index (χ2n) is 4.71. The van der Waals surface area contributed by atoms with Crippen molar-refractivity contribution in [2.45, 2.75) is 30.6 Å². The lowest BCUT2D eigenvalue weighted by molar-refractivity contribution is 0.250. The van der Waals surface area contributed by atoms with E-state index in [2.05, 4.69) is 40.2 Å². The van der Waals surface area contributed by atoms with Gasteiger partial charge in [0.05, 0.1) is 5.25 Å². The largest absolute Gasteiger partial charge is 0.347 e. The summed E-state index contributed by atoms with van der Waals surface area (Å²) in [6.07, 6.45) is 3.99. The highest BCUT2D eigenvalue weighted by atomic mass is 32.2. The summed E-state index contributed by atoms with van der Waals surface area (Å²) in [5.41, 5.74) is 1.45. The smallest absolute Gasteiger partial charge is 0.159 e. The van der Waals surface area contributed by atoms with Crippen LogP contribution in [0.5, 0.6) is 0 Å². The molecule has 2 heterocycles. The molecule has 0 aromatic heterocycles. The van der Waals surface area contributed by atoms with Gasteiger partial charge in [-0.05, 0) is 24.8 Å². The maximum Gasteiger partial charge on any atom is 0.159 e. The zero-order valence-electron chi connectivity index (χ0n) is 10.2. The van der Waals surface area contributed by atoms with E-state index in [9.17, 15) is 0 Å². The van der Waals surface area contributed by atoms with Gasteiger partial charge < -0.3 is 4.90 Å². The molecule has 2 aliphatic rings. The molecule has 0 N–H and O–H groups in total. The van der Waals surface area contributed by atoms with Crippen LogP contribution in [0.2, 0.25) is 0 Å². The lowest BCUT2D eigenvalue weighted by atomic mass is 9.96. The molecule has 0 unspecified atom stereocenters. The molecule has 2 aliphatic heterocycles. The average molecular weight is 246 g/mol.